The van der Waals surface area contributed by atoms with Gasteiger partial charge in [0, 0.05) is 6.04 Å². The molecule has 4 rings (SSSR count). The van der Waals surface area contributed by atoms with Crippen molar-refractivity contribution in [3.8, 4) is 0 Å². The summed E-state index contributed by atoms with van der Waals surface area (Å²) >= 11 is 0. The molecule has 8 nitrogen and oxygen atoms in total. The van der Waals surface area contributed by atoms with E-state index in [1.807, 2.05) is 13.8 Å². The monoisotopic (exact) mass is 627 g/mol. The molecule has 0 saturated heterocycles. The zero-order chi connectivity index (χ0) is 31.4. The average molecular weight is 628 g/mol. The Morgan fingerprint density at radius 1 is 0.907 bits per heavy atom. The molecular weight excluding hydrogens is 562 g/mol. The van der Waals surface area contributed by atoms with Crippen molar-refractivity contribution in [2.75, 3.05) is 26.2 Å². The molecule has 0 bridgehead atoms. The van der Waals surface area contributed by atoms with Gasteiger partial charge in [0.1, 0.15) is 0 Å². The highest BCUT2D eigenvalue weighted by Gasteiger charge is 2.62. The van der Waals surface area contributed by atoms with Crippen LogP contribution in [0.4, 0.5) is 0 Å². The first-order valence-electron chi connectivity index (χ1n) is 17.8. The van der Waals surface area contributed by atoms with Crippen LogP contribution in [0.1, 0.15) is 118 Å². The highest BCUT2D eigenvalue weighted by molar-refractivity contribution is 7.80. The molecule has 4 fully saturated rings. The van der Waals surface area contributed by atoms with Gasteiger partial charge in [-0.15, -0.1) is 0 Å². The molecule has 4 aliphatic carbocycles. The lowest BCUT2D eigenvalue weighted by atomic mass is 9.43. The van der Waals surface area contributed by atoms with E-state index in [-0.39, 0.29) is 17.4 Å². The van der Waals surface area contributed by atoms with Gasteiger partial charge in [-0.25, -0.2) is 4.18 Å². The topological polar surface area (TPSA) is 134 Å². The highest BCUT2D eigenvalue weighted by atomic mass is 32.3. The van der Waals surface area contributed by atoms with Crippen LogP contribution in [0, 0.1) is 52.3 Å². The second kappa shape index (κ2) is 15.1. The summed E-state index contributed by atoms with van der Waals surface area (Å²) in [6.45, 7) is 15.3. The van der Waals surface area contributed by atoms with Crippen molar-refractivity contribution in [2.45, 2.75) is 136 Å². The number of nitrogens with two attached hydrogens (primary N) is 1. The fourth-order valence-electron chi connectivity index (χ4n) is 10.7. The van der Waals surface area contributed by atoms with E-state index in [0.29, 0.717) is 53.4 Å². The van der Waals surface area contributed by atoms with Gasteiger partial charge in [-0.05, 0) is 162 Å². The van der Waals surface area contributed by atoms with Gasteiger partial charge in [-0.3, -0.25) is 4.55 Å². The molecule has 0 aromatic heterocycles. The molecule has 0 heterocycles. The number of unbranched alkanes of at least 4 members (excludes halogenated alkanes) is 1. The number of rotatable bonds is 16. The van der Waals surface area contributed by atoms with Crippen molar-refractivity contribution in [1.29, 1.82) is 0 Å². The van der Waals surface area contributed by atoms with E-state index in [1.165, 1.54) is 44.9 Å². The lowest BCUT2D eigenvalue weighted by Gasteiger charge is -2.62. The second-order valence-corrected chi connectivity index (χ2v) is 17.0. The van der Waals surface area contributed by atoms with Crippen molar-refractivity contribution >= 4 is 10.4 Å². The third kappa shape index (κ3) is 8.36. The molecule has 0 aliphatic heterocycles. The van der Waals surface area contributed by atoms with Gasteiger partial charge in [-0.1, -0.05) is 34.6 Å². The third-order valence-corrected chi connectivity index (χ3v) is 13.6. The van der Waals surface area contributed by atoms with E-state index in [1.54, 1.807) is 0 Å². The van der Waals surface area contributed by atoms with E-state index in [4.69, 9.17) is 9.92 Å². The molecule has 0 radical (unpaired) electrons. The van der Waals surface area contributed by atoms with Gasteiger partial charge in [0.15, 0.2) is 0 Å². The van der Waals surface area contributed by atoms with Crippen molar-refractivity contribution < 1.29 is 22.3 Å². The summed E-state index contributed by atoms with van der Waals surface area (Å²) in [6, 6.07) is 0.573. The Labute approximate surface area is 263 Å². The summed E-state index contributed by atoms with van der Waals surface area (Å²) in [5.74, 6) is 3.21. The van der Waals surface area contributed by atoms with Gasteiger partial charge in [0.05, 0.1) is 12.2 Å². The summed E-state index contributed by atoms with van der Waals surface area (Å²) in [6.07, 6.45) is 13.7. The summed E-state index contributed by atoms with van der Waals surface area (Å²) in [4.78, 5) is 0. The smallest absolute Gasteiger partial charge is 0.393 e. The number of hydrogen-bond acceptors (Lipinski definition) is 7. The molecule has 43 heavy (non-hydrogen) atoms. The second-order valence-electron chi connectivity index (χ2n) is 15.9. The first-order chi connectivity index (χ1) is 20.3. The number of aliphatic hydroxyl groups excluding tert-OH is 1. The molecule has 8 unspecified atom stereocenters. The normalized spacial score (nSPS) is 39.2. The van der Waals surface area contributed by atoms with Crippen LogP contribution in [0.3, 0.4) is 0 Å². The molecule has 4 saturated carbocycles. The van der Waals surface area contributed by atoms with E-state index in [2.05, 4.69) is 31.4 Å². The number of aliphatic hydroxyl groups is 1. The zero-order valence-electron chi connectivity index (χ0n) is 27.9. The Morgan fingerprint density at radius 2 is 1.60 bits per heavy atom. The van der Waals surface area contributed by atoms with E-state index in [0.717, 1.165) is 58.3 Å². The summed E-state index contributed by atoms with van der Waals surface area (Å²) in [7, 11) is -4.45. The van der Waals surface area contributed by atoms with Crippen LogP contribution in [0.15, 0.2) is 0 Å². The van der Waals surface area contributed by atoms with E-state index in [9.17, 15) is 18.1 Å². The van der Waals surface area contributed by atoms with Crippen LogP contribution in [-0.2, 0) is 14.6 Å². The molecule has 9 heteroatoms. The molecule has 0 aromatic carbocycles. The highest BCUT2D eigenvalue weighted by Crippen LogP contribution is 2.68. The Hall–Kier alpha value is -0.290. The lowest BCUT2D eigenvalue weighted by Crippen LogP contribution is -2.59. The molecular formula is C34H65N3O5S. The Balaban J connectivity index is 1.32. The molecule has 252 valence electrons. The maximum atomic E-state index is 11.8. The largest absolute Gasteiger partial charge is 0.397 e. The van der Waals surface area contributed by atoms with Crippen LogP contribution in [-0.4, -0.2) is 62.5 Å². The van der Waals surface area contributed by atoms with Crippen molar-refractivity contribution in [3.63, 3.8) is 0 Å². The van der Waals surface area contributed by atoms with Crippen molar-refractivity contribution in [2.24, 2.45) is 58.0 Å². The van der Waals surface area contributed by atoms with Crippen LogP contribution < -0.4 is 16.4 Å². The first kappa shape index (κ1) is 35.6. The van der Waals surface area contributed by atoms with Gasteiger partial charge in [0.25, 0.3) is 0 Å². The average Bonchev–Trinajstić information content (AvgIpc) is 3.29. The zero-order valence-corrected chi connectivity index (χ0v) is 28.7. The predicted molar refractivity (Wildman–Crippen MR) is 174 cm³/mol. The molecule has 0 spiro atoms. The van der Waals surface area contributed by atoms with Gasteiger partial charge < -0.3 is 21.5 Å². The van der Waals surface area contributed by atoms with Crippen LogP contribution in [0.25, 0.3) is 0 Å². The standard InChI is InChI=1S/C34H65N3O5S/c1-23(2)31(42-43(39,40)41)12-9-24(3)27-10-11-28-32-29(14-16-34(27,28)5)33(4)15-13-26(21-25(33)22-30(32)38)37-20-8-19-36-18-7-6-17-35/h23-32,36-38H,6-22,35H2,1-5H3,(H,39,40,41)/t24-,25-,26?,27?,28?,29?,30-,31?,32?,33?,34?/m1/s1. The van der Waals surface area contributed by atoms with Crippen LogP contribution in [0.2, 0.25) is 0 Å². The minimum Gasteiger partial charge on any atom is -0.393 e. The van der Waals surface area contributed by atoms with Crippen molar-refractivity contribution in [1.82, 2.24) is 10.6 Å². The predicted octanol–water partition coefficient (Wildman–Crippen LogP) is 5.55. The quantitative estimate of drug-likeness (QED) is 0.111. The van der Waals surface area contributed by atoms with E-state index < -0.39 is 16.5 Å². The summed E-state index contributed by atoms with van der Waals surface area (Å²) < 4.78 is 37.1. The van der Waals surface area contributed by atoms with Gasteiger partial charge in [0.2, 0.25) is 0 Å². The summed E-state index contributed by atoms with van der Waals surface area (Å²) in [5, 5.41) is 19.2. The SMILES string of the molecule is CC(C)C(CC[C@@H](C)C1CCC2C3C(CCC21C)C1(C)CCC(NCCCNCCCCN)C[C@@H]1C[C@H]3O)OS(=O)(=O)O. The van der Waals surface area contributed by atoms with Gasteiger partial charge in [-0.2, -0.15) is 8.42 Å². The fraction of sp³-hybridized carbons (Fsp3) is 1.00. The van der Waals surface area contributed by atoms with Gasteiger partial charge >= 0.3 is 10.4 Å². The minimum atomic E-state index is -4.45. The number of hydrogen-bond donors (Lipinski definition) is 5. The molecule has 0 aromatic rings. The third-order valence-electron chi connectivity index (χ3n) is 13.1. The first-order valence-corrected chi connectivity index (χ1v) is 19.1. The van der Waals surface area contributed by atoms with E-state index >= 15 is 0 Å². The summed E-state index contributed by atoms with van der Waals surface area (Å²) in [5.41, 5.74) is 6.13. The molecule has 0 amide bonds. The molecule has 11 atom stereocenters. The van der Waals surface area contributed by atoms with Crippen LogP contribution in [0.5, 0.6) is 0 Å². The fourth-order valence-corrected chi connectivity index (χ4v) is 11.3. The Kier molecular flexibility index (Phi) is 12.5. The van der Waals surface area contributed by atoms with Crippen molar-refractivity contribution in [3.05, 3.63) is 0 Å². The number of fused-ring (bicyclic) bond motifs is 5. The van der Waals surface area contributed by atoms with Crippen LogP contribution >= 0.6 is 0 Å². The maximum Gasteiger partial charge on any atom is 0.397 e. The molecule has 6 N–H and O–H groups in total. The maximum absolute atomic E-state index is 11.8. The Bertz CT molecular complexity index is 981. The molecule has 4 aliphatic rings. The lowest BCUT2D eigenvalue weighted by molar-refractivity contribution is -0.167. The minimum absolute atomic E-state index is 0.0152. The Morgan fingerprint density at radius 3 is 2.30 bits per heavy atom. The number of nitrogens with one attached hydrogen (secondary N) is 2.